The van der Waals surface area contributed by atoms with E-state index in [1.54, 1.807) is 0 Å². The van der Waals surface area contributed by atoms with Crippen LogP contribution in [0.1, 0.15) is 11.1 Å². The second-order valence-electron chi connectivity index (χ2n) is 5.30. The molecule has 128 valence electrons. The topological polar surface area (TPSA) is 77.4 Å². The van der Waals surface area contributed by atoms with Gasteiger partial charge in [0.15, 0.2) is 0 Å². The Morgan fingerprint density at radius 2 is 1.88 bits per heavy atom. The number of nitrogens with zero attached hydrogens (tertiary/aromatic N) is 1. The fourth-order valence-electron chi connectivity index (χ4n) is 2.00. The Bertz CT molecular complexity index is 868. The van der Waals surface area contributed by atoms with E-state index in [1.807, 2.05) is 31.2 Å². The summed E-state index contributed by atoms with van der Waals surface area (Å²) < 4.78 is 33.0. The van der Waals surface area contributed by atoms with E-state index in [4.69, 9.17) is 4.74 Å². The molecule has 0 saturated carbocycles. The van der Waals surface area contributed by atoms with Crippen LogP contribution in [0.4, 0.5) is 5.69 Å². The molecule has 0 atom stereocenters. The van der Waals surface area contributed by atoms with Crippen LogP contribution in [0.2, 0.25) is 0 Å². The number of benzene rings is 1. The monoisotopic (exact) mass is 348 g/mol. The van der Waals surface area contributed by atoms with E-state index in [0.29, 0.717) is 18.8 Å². The van der Waals surface area contributed by atoms with E-state index >= 15 is 0 Å². The molecular formula is C17H20N2O4S. The Hall–Kier alpha value is -2.38. The lowest BCUT2D eigenvalue weighted by molar-refractivity contribution is 0.186. The first-order valence-corrected chi connectivity index (χ1v) is 8.91. The summed E-state index contributed by atoms with van der Waals surface area (Å²) in [6.45, 7) is 2.68. The summed E-state index contributed by atoms with van der Waals surface area (Å²) in [4.78, 5) is 11.7. The molecular weight excluding hydrogens is 328 g/mol. The molecule has 1 N–H and O–H groups in total. The smallest absolute Gasteiger partial charge is 0.255 e. The molecule has 0 amide bonds. The lowest BCUT2D eigenvalue weighted by atomic mass is 10.2. The predicted octanol–water partition coefficient (Wildman–Crippen LogP) is 2.22. The SMILES string of the molecule is COCCn1cc(NS(=O)(=O)/C=C/c2ccc(C)cc2)ccc1=O. The first-order chi connectivity index (χ1) is 11.4. The van der Waals surface area contributed by atoms with Crippen molar-refractivity contribution < 1.29 is 13.2 Å². The van der Waals surface area contributed by atoms with Gasteiger partial charge in [0.1, 0.15) is 0 Å². The fourth-order valence-corrected chi connectivity index (χ4v) is 2.85. The molecule has 1 aromatic heterocycles. The molecule has 2 aromatic rings. The minimum atomic E-state index is -3.67. The first-order valence-electron chi connectivity index (χ1n) is 7.36. The molecule has 24 heavy (non-hydrogen) atoms. The maximum absolute atomic E-state index is 12.1. The van der Waals surface area contributed by atoms with Gasteiger partial charge in [-0.2, -0.15) is 0 Å². The van der Waals surface area contributed by atoms with Gasteiger partial charge < -0.3 is 9.30 Å². The van der Waals surface area contributed by atoms with Gasteiger partial charge in [-0.05, 0) is 24.6 Å². The van der Waals surface area contributed by atoms with E-state index < -0.39 is 10.0 Å². The molecule has 2 rings (SSSR count). The molecule has 0 spiro atoms. The number of ether oxygens (including phenoxy) is 1. The zero-order chi connectivity index (χ0) is 17.6. The maximum Gasteiger partial charge on any atom is 0.255 e. The van der Waals surface area contributed by atoms with Crippen molar-refractivity contribution in [2.75, 3.05) is 18.4 Å². The summed E-state index contributed by atoms with van der Waals surface area (Å²) in [5.74, 6) is 0. The molecule has 1 aromatic carbocycles. The van der Waals surface area contributed by atoms with Crippen LogP contribution in [-0.2, 0) is 21.3 Å². The molecule has 7 heteroatoms. The number of sulfonamides is 1. The van der Waals surface area contributed by atoms with Crippen molar-refractivity contribution in [2.45, 2.75) is 13.5 Å². The minimum absolute atomic E-state index is 0.217. The Morgan fingerprint density at radius 3 is 2.54 bits per heavy atom. The van der Waals surface area contributed by atoms with Gasteiger partial charge in [0.2, 0.25) is 0 Å². The summed E-state index contributed by atoms with van der Waals surface area (Å²) in [7, 11) is -2.14. The van der Waals surface area contributed by atoms with Crippen molar-refractivity contribution in [3.8, 4) is 0 Å². The van der Waals surface area contributed by atoms with Gasteiger partial charge in [-0.25, -0.2) is 8.42 Å². The summed E-state index contributed by atoms with van der Waals surface area (Å²) in [5.41, 5.74) is 1.99. The molecule has 0 saturated heterocycles. The molecule has 0 aliphatic carbocycles. The van der Waals surface area contributed by atoms with Crippen LogP contribution in [0.3, 0.4) is 0 Å². The van der Waals surface area contributed by atoms with Gasteiger partial charge in [-0.1, -0.05) is 29.8 Å². The third kappa shape index (κ3) is 5.36. The Balaban J connectivity index is 2.13. The Morgan fingerprint density at radius 1 is 1.17 bits per heavy atom. The largest absolute Gasteiger partial charge is 0.383 e. The molecule has 0 radical (unpaired) electrons. The average molecular weight is 348 g/mol. The molecule has 0 bridgehead atoms. The van der Waals surface area contributed by atoms with Crippen LogP contribution in [0.25, 0.3) is 6.08 Å². The number of hydrogen-bond donors (Lipinski definition) is 1. The lowest BCUT2D eigenvalue weighted by Crippen LogP contribution is -2.22. The highest BCUT2D eigenvalue weighted by atomic mass is 32.2. The van der Waals surface area contributed by atoms with Crippen LogP contribution in [-0.4, -0.2) is 26.7 Å². The Kier molecular flexibility index (Phi) is 5.94. The van der Waals surface area contributed by atoms with Gasteiger partial charge >= 0.3 is 0 Å². The zero-order valence-electron chi connectivity index (χ0n) is 13.6. The highest BCUT2D eigenvalue weighted by Gasteiger charge is 2.07. The van der Waals surface area contributed by atoms with Crippen LogP contribution < -0.4 is 10.3 Å². The number of aryl methyl sites for hydroxylation is 1. The van der Waals surface area contributed by atoms with Crippen LogP contribution in [0, 0.1) is 6.92 Å². The fraction of sp³-hybridized carbons (Fsp3) is 0.235. The molecule has 0 aliphatic rings. The van der Waals surface area contributed by atoms with Crippen molar-refractivity contribution >= 4 is 21.8 Å². The summed E-state index contributed by atoms with van der Waals surface area (Å²) >= 11 is 0. The van der Waals surface area contributed by atoms with E-state index in [-0.39, 0.29) is 5.56 Å². The quantitative estimate of drug-likeness (QED) is 0.832. The number of pyridine rings is 1. The number of nitrogens with one attached hydrogen (secondary N) is 1. The summed E-state index contributed by atoms with van der Waals surface area (Å²) in [6, 6.07) is 10.2. The molecule has 0 unspecified atom stereocenters. The molecule has 6 nitrogen and oxygen atoms in total. The van der Waals surface area contributed by atoms with Gasteiger partial charge in [-0.15, -0.1) is 0 Å². The molecule has 0 aliphatic heterocycles. The van der Waals surface area contributed by atoms with Crippen molar-refractivity contribution in [1.82, 2.24) is 4.57 Å². The van der Waals surface area contributed by atoms with Crippen molar-refractivity contribution in [3.63, 3.8) is 0 Å². The average Bonchev–Trinajstić information content (AvgIpc) is 2.54. The number of rotatable bonds is 7. The number of methoxy groups -OCH3 is 1. The van der Waals surface area contributed by atoms with Crippen LogP contribution in [0.15, 0.2) is 52.8 Å². The standard InChI is InChI=1S/C17H20N2O4S/c1-14-3-5-15(6-4-14)9-12-24(21,22)18-16-7-8-17(20)19(13-16)10-11-23-2/h3-9,12-13,18H,10-11H2,1-2H3/b12-9+. The number of anilines is 1. The van der Waals surface area contributed by atoms with Crippen molar-refractivity contribution in [2.24, 2.45) is 0 Å². The summed E-state index contributed by atoms with van der Waals surface area (Å²) in [6.07, 6.45) is 2.97. The van der Waals surface area contributed by atoms with Gasteiger partial charge in [0, 0.05) is 25.9 Å². The highest BCUT2D eigenvalue weighted by Crippen LogP contribution is 2.10. The maximum atomic E-state index is 12.1. The normalized spacial score (nSPS) is 11.8. The van der Waals surface area contributed by atoms with Crippen molar-refractivity contribution in [1.29, 1.82) is 0 Å². The number of aromatic nitrogens is 1. The van der Waals surface area contributed by atoms with Gasteiger partial charge in [0.05, 0.1) is 17.7 Å². The molecule has 1 heterocycles. The van der Waals surface area contributed by atoms with E-state index in [9.17, 15) is 13.2 Å². The zero-order valence-corrected chi connectivity index (χ0v) is 14.4. The summed E-state index contributed by atoms with van der Waals surface area (Å²) in [5, 5.41) is 1.10. The van der Waals surface area contributed by atoms with E-state index in [2.05, 4.69) is 4.72 Å². The van der Waals surface area contributed by atoms with Crippen LogP contribution >= 0.6 is 0 Å². The third-order valence-corrected chi connectivity index (χ3v) is 4.31. The highest BCUT2D eigenvalue weighted by molar-refractivity contribution is 7.95. The van der Waals surface area contributed by atoms with E-state index in [1.165, 1.54) is 36.1 Å². The van der Waals surface area contributed by atoms with Crippen LogP contribution in [0.5, 0.6) is 0 Å². The van der Waals surface area contributed by atoms with Gasteiger partial charge in [-0.3, -0.25) is 9.52 Å². The first kappa shape index (κ1) is 18.0. The predicted molar refractivity (Wildman–Crippen MR) is 95.3 cm³/mol. The number of hydrogen-bond acceptors (Lipinski definition) is 4. The Labute approximate surface area is 141 Å². The van der Waals surface area contributed by atoms with Crippen molar-refractivity contribution in [3.05, 3.63) is 69.5 Å². The van der Waals surface area contributed by atoms with Gasteiger partial charge in [0.25, 0.3) is 15.6 Å². The second kappa shape index (κ2) is 7.94. The minimum Gasteiger partial charge on any atom is -0.383 e. The van der Waals surface area contributed by atoms with E-state index in [0.717, 1.165) is 16.5 Å². The lowest BCUT2D eigenvalue weighted by Gasteiger charge is -2.09. The second-order valence-corrected chi connectivity index (χ2v) is 6.87. The third-order valence-electron chi connectivity index (χ3n) is 3.30. The molecule has 0 fully saturated rings.